The first-order chi connectivity index (χ1) is 8.12. The summed E-state index contributed by atoms with van der Waals surface area (Å²) in [6, 6.07) is 4.04. The normalized spacial score (nSPS) is 15.9. The summed E-state index contributed by atoms with van der Waals surface area (Å²) in [5.41, 5.74) is 2.99. The molecule has 2 rings (SSSR count). The van der Waals surface area contributed by atoms with Gasteiger partial charge in [0.15, 0.2) is 0 Å². The summed E-state index contributed by atoms with van der Waals surface area (Å²) in [6.07, 6.45) is 2.04. The number of sulfonamides is 1. The molecule has 100 valence electrons. The van der Waals surface area contributed by atoms with Crippen molar-refractivity contribution in [2.24, 2.45) is 0 Å². The van der Waals surface area contributed by atoms with E-state index in [9.17, 15) is 8.42 Å². The van der Waals surface area contributed by atoms with Gasteiger partial charge in [0.05, 0.1) is 11.9 Å². The second-order valence-corrected chi connectivity index (χ2v) is 8.52. The monoisotopic (exact) mass is 331 g/mol. The zero-order valence-corrected chi connectivity index (χ0v) is 13.5. The fourth-order valence-corrected chi connectivity index (χ4v) is 3.88. The van der Waals surface area contributed by atoms with Crippen LogP contribution in [-0.2, 0) is 21.9 Å². The molecule has 0 N–H and O–H groups in total. The summed E-state index contributed by atoms with van der Waals surface area (Å²) >= 11 is 3.52. The fourth-order valence-electron chi connectivity index (χ4n) is 2.40. The number of nitrogens with zero attached hydrogens (tertiary/aromatic N) is 1. The quantitative estimate of drug-likeness (QED) is 0.793. The van der Waals surface area contributed by atoms with Gasteiger partial charge < -0.3 is 0 Å². The lowest BCUT2D eigenvalue weighted by molar-refractivity contribution is 0.586. The minimum Gasteiger partial charge on any atom is -0.270 e. The predicted octanol–water partition coefficient (Wildman–Crippen LogP) is 3.07. The van der Waals surface area contributed by atoms with Crippen molar-refractivity contribution in [2.75, 3.05) is 17.1 Å². The summed E-state index contributed by atoms with van der Waals surface area (Å²) in [5.74, 6) is 0. The van der Waals surface area contributed by atoms with E-state index in [0.29, 0.717) is 6.54 Å². The average molecular weight is 332 g/mol. The third kappa shape index (κ3) is 2.30. The van der Waals surface area contributed by atoms with Gasteiger partial charge in [-0.3, -0.25) is 4.31 Å². The number of hydrogen-bond acceptors (Lipinski definition) is 2. The highest BCUT2D eigenvalue weighted by Crippen LogP contribution is 2.42. The Bertz CT molecular complexity index is 588. The summed E-state index contributed by atoms with van der Waals surface area (Å²) in [5, 5.41) is 0. The van der Waals surface area contributed by atoms with Crippen LogP contribution < -0.4 is 4.31 Å². The molecular weight excluding hydrogens is 314 g/mol. The number of benzene rings is 1. The highest BCUT2D eigenvalue weighted by molar-refractivity contribution is 9.10. The summed E-state index contributed by atoms with van der Waals surface area (Å²) in [4.78, 5) is 0. The lowest BCUT2D eigenvalue weighted by Gasteiger charge is -2.27. The molecule has 18 heavy (non-hydrogen) atoms. The van der Waals surface area contributed by atoms with Crippen molar-refractivity contribution in [3.63, 3.8) is 0 Å². The van der Waals surface area contributed by atoms with Crippen LogP contribution in [0.2, 0.25) is 0 Å². The van der Waals surface area contributed by atoms with Gasteiger partial charge in [-0.15, -0.1) is 0 Å². The molecule has 0 radical (unpaired) electrons. The van der Waals surface area contributed by atoms with Crippen molar-refractivity contribution in [2.45, 2.75) is 32.6 Å². The van der Waals surface area contributed by atoms with Crippen LogP contribution in [0.25, 0.3) is 0 Å². The molecule has 0 unspecified atom stereocenters. The molecule has 0 bridgehead atoms. The van der Waals surface area contributed by atoms with E-state index in [-0.39, 0.29) is 5.41 Å². The summed E-state index contributed by atoms with van der Waals surface area (Å²) in [6.45, 7) is 6.86. The Balaban J connectivity index is 2.73. The summed E-state index contributed by atoms with van der Waals surface area (Å²) < 4.78 is 26.3. The van der Waals surface area contributed by atoms with E-state index in [1.54, 1.807) is 0 Å². The van der Waals surface area contributed by atoms with Gasteiger partial charge in [0, 0.05) is 11.0 Å². The van der Waals surface area contributed by atoms with Crippen molar-refractivity contribution in [3.05, 3.63) is 27.7 Å². The number of rotatable bonds is 1. The van der Waals surface area contributed by atoms with Crippen LogP contribution in [-0.4, -0.2) is 21.2 Å². The molecule has 5 heteroatoms. The van der Waals surface area contributed by atoms with Gasteiger partial charge >= 0.3 is 0 Å². The minimum atomic E-state index is -3.20. The summed E-state index contributed by atoms with van der Waals surface area (Å²) in [7, 11) is -3.20. The molecule has 0 saturated carbocycles. The van der Waals surface area contributed by atoms with E-state index in [2.05, 4.69) is 36.7 Å². The van der Waals surface area contributed by atoms with Gasteiger partial charge in [-0.25, -0.2) is 8.42 Å². The molecule has 0 atom stereocenters. The highest BCUT2D eigenvalue weighted by atomic mass is 79.9. The number of fused-ring (bicyclic) bond motifs is 1. The van der Waals surface area contributed by atoms with Crippen LogP contribution in [0.4, 0.5) is 5.69 Å². The average Bonchev–Trinajstić information content (AvgIpc) is 2.60. The van der Waals surface area contributed by atoms with Gasteiger partial charge in [-0.2, -0.15) is 0 Å². The first kappa shape index (κ1) is 13.9. The lowest BCUT2D eigenvalue weighted by atomic mass is 9.85. The molecule has 0 aromatic heterocycles. The van der Waals surface area contributed by atoms with Crippen molar-refractivity contribution < 1.29 is 8.42 Å². The smallest absolute Gasteiger partial charge is 0.232 e. The molecule has 0 spiro atoms. The van der Waals surface area contributed by atoms with E-state index in [0.717, 1.165) is 27.7 Å². The zero-order chi connectivity index (χ0) is 13.7. The highest BCUT2D eigenvalue weighted by Gasteiger charge is 2.33. The molecule has 0 amide bonds. The molecule has 1 aromatic carbocycles. The first-order valence-electron chi connectivity index (χ1n) is 5.92. The first-order valence-corrected chi connectivity index (χ1v) is 8.56. The Hall–Kier alpha value is -0.550. The Morgan fingerprint density at radius 1 is 1.28 bits per heavy atom. The van der Waals surface area contributed by atoms with E-state index < -0.39 is 10.0 Å². The SMILES string of the molecule is CC(C)(C)c1ccc(Br)c2c1N(S(C)(=O)=O)CC2. The van der Waals surface area contributed by atoms with Crippen LogP contribution in [0.5, 0.6) is 0 Å². The van der Waals surface area contributed by atoms with Crippen LogP contribution in [0, 0.1) is 0 Å². The second-order valence-electron chi connectivity index (χ2n) is 5.76. The van der Waals surface area contributed by atoms with Gasteiger partial charge in [-0.05, 0) is 29.0 Å². The van der Waals surface area contributed by atoms with Gasteiger partial charge in [-0.1, -0.05) is 42.8 Å². The topological polar surface area (TPSA) is 37.4 Å². The Morgan fingerprint density at radius 3 is 2.39 bits per heavy atom. The molecule has 1 heterocycles. The number of hydrogen-bond donors (Lipinski definition) is 0. The third-order valence-electron chi connectivity index (χ3n) is 3.25. The number of halogens is 1. The van der Waals surface area contributed by atoms with Crippen molar-refractivity contribution in [1.29, 1.82) is 0 Å². The molecule has 0 aliphatic carbocycles. The van der Waals surface area contributed by atoms with Crippen molar-refractivity contribution in [3.8, 4) is 0 Å². The molecule has 1 aliphatic rings. The predicted molar refractivity (Wildman–Crippen MR) is 78.7 cm³/mol. The maximum Gasteiger partial charge on any atom is 0.232 e. The Kier molecular flexibility index (Phi) is 3.26. The standard InChI is InChI=1S/C13H18BrNO2S/c1-13(2,3)10-5-6-11(14)9-7-8-15(12(9)10)18(4,16)17/h5-6H,7-8H2,1-4H3. The zero-order valence-electron chi connectivity index (χ0n) is 11.1. The molecule has 1 aromatic rings. The van der Waals surface area contributed by atoms with E-state index >= 15 is 0 Å². The van der Waals surface area contributed by atoms with E-state index in [1.807, 2.05) is 12.1 Å². The maximum absolute atomic E-state index is 11.9. The minimum absolute atomic E-state index is 0.0714. The molecular formula is C13H18BrNO2S. The number of anilines is 1. The van der Waals surface area contributed by atoms with Gasteiger partial charge in [0.1, 0.15) is 0 Å². The van der Waals surface area contributed by atoms with Crippen LogP contribution in [0.15, 0.2) is 16.6 Å². The fraction of sp³-hybridized carbons (Fsp3) is 0.538. The molecule has 3 nitrogen and oxygen atoms in total. The Morgan fingerprint density at radius 2 is 1.89 bits per heavy atom. The van der Waals surface area contributed by atoms with E-state index in [4.69, 9.17) is 0 Å². The molecule has 1 aliphatic heterocycles. The van der Waals surface area contributed by atoms with Crippen molar-refractivity contribution >= 4 is 31.6 Å². The van der Waals surface area contributed by atoms with Gasteiger partial charge in [0.2, 0.25) is 10.0 Å². The lowest BCUT2D eigenvalue weighted by Crippen LogP contribution is -2.30. The second kappa shape index (κ2) is 4.23. The van der Waals surface area contributed by atoms with Crippen LogP contribution >= 0.6 is 15.9 Å². The van der Waals surface area contributed by atoms with Crippen molar-refractivity contribution in [1.82, 2.24) is 0 Å². The maximum atomic E-state index is 11.9. The molecule has 0 fully saturated rings. The van der Waals surface area contributed by atoms with Gasteiger partial charge in [0.25, 0.3) is 0 Å². The van der Waals surface area contributed by atoms with E-state index in [1.165, 1.54) is 10.6 Å². The molecule has 0 saturated heterocycles. The Labute approximate surface area is 117 Å². The van der Waals surface area contributed by atoms with Crippen LogP contribution in [0.3, 0.4) is 0 Å². The largest absolute Gasteiger partial charge is 0.270 e. The third-order valence-corrected chi connectivity index (χ3v) is 5.16. The van der Waals surface area contributed by atoms with Crippen LogP contribution in [0.1, 0.15) is 31.9 Å².